The van der Waals surface area contributed by atoms with Gasteiger partial charge in [0.2, 0.25) is 5.91 Å². The molecular weight excluding hydrogens is 478 g/mol. The van der Waals surface area contributed by atoms with Gasteiger partial charge in [-0.1, -0.05) is 48.5 Å². The first kappa shape index (κ1) is 24.0. The van der Waals surface area contributed by atoms with Gasteiger partial charge in [0.05, 0.1) is 17.5 Å². The van der Waals surface area contributed by atoms with Gasteiger partial charge in [0.1, 0.15) is 0 Å². The highest BCUT2D eigenvalue weighted by Crippen LogP contribution is 2.35. The summed E-state index contributed by atoms with van der Waals surface area (Å²) in [5.74, 6) is -0.521. The fraction of sp³-hybridized carbons (Fsp3) is 0.296. The molecule has 2 saturated heterocycles. The van der Waals surface area contributed by atoms with Crippen molar-refractivity contribution in [3.05, 3.63) is 88.1 Å². The number of nitrogens with zero attached hydrogens (tertiary/aromatic N) is 1. The van der Waals surface area contributed by atoms with E-state index in [2.05, 4.69) is 10.6 Å². The molecule has 186 valence electrons. The van der Waals surface area contributed by atoms with Crippen LogP contribution in [0.3, 0.4) is 0 Å². The summed E-state index contributed by atoms with van der Waals surface area (Å²) in [5.41, 5.74) is 2.08. The second-order valence-corrected chi connectivity index (χ2v) is 9.75. The maximum absolute atomic E-state index is 13.4. The summed E-state index contributed by atoms with van der Waals surface area (Å²) in [4.78, 5) is 41.0. The summed E-state index contributed by atoms with van der Waals surface area (Å²) in [6, 6.07) is 19.3. The highest BCUT2D eigenvalue weighted by atomic mass is 32.1. The van der Waals surface area contributed by atoms with Gasteiger partial charge < -0.3 is 20.1 Å². The lowest BCUT2D eigenvalue weighted by Crippen LogP contribution is -2.47. The van der Waals surface area contributed by atoms with Crippen LogP contribution >= 0.6 is 11.3 Å². The van der Waals surface area contributed by atoms with Gasteiger partial charge in [0.15, 0.2) is 12.1 Å². The molecule has 9 heteroatoms. The molecule has 2 N–H and O–H groups in total. The molecule has 0 bridgehead atoms. The van der Waals surface area contributed by atoms with E-state index < -0.39 is 18.2 Å². The Morgan fingerprint density at radius 2 is 1.92 bits per heavy atom. The summed E-state index contributed by atoms with van der Waals surface area (Å²) < 4.78 is 11.4. The number of cyclic esters (lactones) is 1. The molecule has 2 aromatic carbocycles. The van der Waals surface area contributed by atoms with Crippen LogP contribution in [0.4, 0.5) is 10.5 Å². The Balaban J connectivity index is 1.38. The van der Waals surface area contributed by atoms with E-state index in [0.29, 0.717) is 29.3 Å². The van der Waals surface area contributed by atoms with Crippen LogP contribution in [-0.2, 0) is 20.8 Å². The lowest BCUT2D eigenvalue weighted by atomic mass is 10.00. The van der Waals surface area contributed by atoms with Crippen molar-refractivity contribution in [1.82, 2.24) is 10.2 Å². The quantitative estimate of drug-likeness (QED) is 0.474. The molecule has 5 rings (SSSR count). The molecule has 0 saturated carbocycles. The number of ether oxygens (including phenoxy) is 2. The third-order valence-electron chi connectivity index (χ3n) is 6.30. The maximum Gasteiger partial charge on any atom is 0.411 e. The van der Waals surface area contributed by atoms with Crippen molar-refractivity contribution in [2.75, 3.05) is 18.5 Å². The molecule has 2 fully saturated rings. The largest absolute Gasteiger partial charge is 0.438 e. The lowest BCUT2D eigenvalue weighted by molar-refractivity contribution is -0.126. The van der Waals surface area contributed by atoms with Crippen molar-refractivity contribution in [2.45, 2.75) is 37.6 Å². The molecule has 0 spiro atoms. The first-order valence-electron chi connectivity index (χ1n) is 11.9. The van der Waals surface area contributed by atoms with Gasteiger partial charge in [0, 0.05) is 18.8 Å². The summed E-state index contributed by atoms with van der Waals surface area (Å²) >= 11 is 1.35. The average molecular weight is 506 g/mol. The highest BCUT2D eigenvalue weighted by Gasteiger charge is 2.47. The highest BCUT2D eigenvalue weighted by molar-refractivity contribution is 7.12. The normalized spacial score (nSPS) is 21.3. The topological polar surface area (TPSA) is 97.0 Å². The molecule has 0 radical (unpaired) electrons. The Morgan fingerprint density at radius 3 is 2.67 bits per heavy atom. The molecule has 36 heavy (non-hydrogen) atoms. The van der Waals surface area contributed by atoms with E-state index in [4.69, 9.17) is 9.47 Å². The number of benzene rings is 2. The van der Waals surface area contributed by atoms with Crippen LogP contribution < -0.4 is 10.6 Å². The number of nitrogens with one attached hydrogen (secondary N) is 2. The Bertz CT molecular complexity index is 1210. The molecule has 0 aliphatic carbocycles. The molecule has 2 aliphatic heterocycles. The predicted molar refractivity (Wildman–Crippen MR) is 136 cm³/mol. The van der Waals surface area contributed by atoms with E-state index in [1.54, 1.807) is 30.3 Å². The Morgan fingerprint density at radius 1 is 1.06 bits per heavy atom. The van der Waals surface area contributed by atoms with E-state index in [1.807, 2.05) is 41.8 Å². The minimum Gasteiger partial charge on any atom is -0.438 e. The van der Waals surface area contributed by atoms with Crippen molar-refractivity contribution in [1.29, 1.82) is 0 Å². The molecule has 3 amide bonds. The molecule has 3 aromatic rings. The Labute approximate surface area is 213 Å². The second kappa shape index (κ2) is 10.9. The smallest absolute Gasteiger partial charge is 0.411 e. The molecule has 8 nitrogen and oxygen atoms in total. The lowest BCUT2D eigenvalue weighted by Gasteiger charge is -2.25. The van der Waals surface area contributed by atoms with Gasteiger partial charge in [-0.3, -0.25) is 14.5 Å². The van der Waals surface area contributed by atoms with Crippen molar-refractivity contribution in [2.24, 2.45) is 0 Å². The molecular formula is C27H27N3O5S. The summed E-state index contributed by atoms with van der Waals surface area (Å²) in [6.45, 7) is 1.31. The summed E-state index contributed by atoms with van der Waals surface area (Å²) in [7, 11) is 0. The fourth-order valence-corrected chi connectivity index (χ4v) is 5.13. The van der Waals surface area contributed by atoms with E-state index in [0.717, 1.165) is 18.4 Å². The van der Waals surface area contributed by atoms with Crippen molar-refractivity contribution in [3.63, 3.8) is 0 Å². The van der Waals surface area contributed by atoms with Crippen LogP contribution in [0, 0.1) is 0 Å². The van der Waals surface area contributed by atoms with Crippen LogP contribution in [0.5, 0.6) is 0 Å². The number of amides is 3. The molecule has 1 aromatic heterocycles. The van der Waals surface area contributed by atoms with Gasteiger partial charge in [-0.15, -0.1) is 11.3 Å². The minimum absolute atomic E-state index is 0.0243. The number of hydrogen-bond donors (Lipinski definition) is 2. The van der Waals surface area contributed by atoms with Gasteiger partial charge in [-0.05, 0) is 47.5 Å². The summed E-state index contributed by atoms with van der Waals surface area (Å²) in [6.07, 6.45) is 0.448. The Kier molecular flexibility index (Phi) is 7.29. The molecule has 0 unspecified atom stereocenters. The Hall–Kier alpha value is -3.69. The third kappa shape index (κ3) is 5.42. The van der Waals surface area contributed by atoms with Crippen molar-refractivity contribution in [3.8, 4) is 0 Å². The third-order valence-corrected chi connectivity index (χ3v) is 7.16. The predicted octanol–water partition coefficient (Wildman–Crippen LogP) is 4.36. The molecule has 3 atom stereocenters. The van der Waals surface area contributed by atoms with Crippen molar-refractivity contribution < 1.29 is 23.9 Å². The van der Waals surface area contributed by atoms with E-state index in [-0.39, 0.29) is 24.5 Å². The van der Waals surface area contributed by atoms with E-state index in [9.17, 15) is 14.4 Å². The number of rotatable bonds is 8. The van der Waals surface area contributed by atoms with Gasteiger partial charge in [0.25, 0.3) is 5.91 Å². The van der Waals surface area contributed by atoms with Crippen LogP contribution in [0.25, 0.3) is 0 Å². The van der Waals surface area contributed by atoms with Gasteiger partial charge >= 0.3 is 6.09 Å². The fourth-order valence-electron chi connectivity index (χ4n) is 4.51. The summed E-state index contributed by atoms with van der Waals surface area (Å²) in [5, 5.41) is 7.68. The van der Waals surface area contributed by atoms with Gasteiger partial charge in [-0.25, -0.2) is 4.79 Å². The zero-order valence-corrected chi connectivity index (χ0v) is 20.4. The standard InChI is InChI=1S/C27H27N3O5S/c31-25(22-12-6-14-36-22)29-20-10-4-9-19(15-20)24-23(26(32)28-16-21-11-5-13-34-21)30(27(33)35-24)17-18-7-2-1-3-8-18/h1-4,6-10,12,14-15,21,23-24H,5,11,13,16-17H2,(H,28,32)(H,29,31)/t21-,23+,24-/m0/s1. The molecule has 3 heterocycles. The number of carbonyl (C=O) groups excluding carboxylic acids is 3. The first-order valence-corrected chi connectivity index (χ1v) is 12.8. The van der Waals surface area contributed by atoms with E-state index >= 15 is 0 Å². The average Bonchev–Trinajstić information content (AvgIpc) is 3.66. The first-order chi connectivity index (χ1) is 17.6. The van der Waals surface area contributed by atoms with Crippen molar-refractivity contribution >= 4 is 34.9 Å². The minimum atomic E-state index is -0.873. The number of hydrogen-bond acceptors (Lipinski definition) is 6. The number of thiophene rings is 1. The van der Waals surface area contributed by atoms with Crippen LogP contribution in [-0.4, -0.2) is 48.1 Å². The monoisotopic (exact) mass is 505 g/mol. The second-order valence-electron chi connectivity index (χ2n) is 8.80. The van der Waals surface area contributed by atoms with Crippen LogP contribution in [0.1, 0.15) is 39.7 Å². The zero-order chi connectivity index (χ0) is 24.9. The molecule has 2 aliphatic rings. The van der Waals surface area contributed by atoms with E-state index in [1.165, 1.54) is 16.2 Å². The maximum atomic E-state index is 13.4. The number of carbonyl (C=O) groups is 3. The van der Waals surface area contributed by atoms with Crippen LogP contribution in [0.2, 0.25) is 0 Å². The SMILES string of the molecule is O=C(Nc1cccc([C@@H]2OC(=O)N(Cc3ccccc3)[C@H]2C(=O)NC[C@@H]2CCCO2)c1)c1cccs1. The van der Waals surface area contributed by atoms with Gasteiger partial charge in [-0.2, -0.15) is 0 Å². The van der Waals surface area contributed by atoms with Crippen LogP contribution in [0.15, 0.2) is 72.1 Å². The number of anilines is 1. The zero-order valence-electron chi connectivity index (χ0n) is 19.6.